The smallest absolute Gasteiger partial charge is 0.165 e. The van der Waals surface area contributed by atoms with E-state index in [9.17, 15) is 0 Å². The third kappa shape index (κ3) is 9.80. The third-order valence-electron chi connectivity index (χ3n) is 11.5. The maximum Gasteiger partial charge on any atom is 0.165 e. The molecule has 6 aromatic rings. The van der Waals surface area contributed by atoms with Crippen LogP contribution in [0.3, 0.4) is 0 Å². The first-order valence-electron chi connectivity index (χ1n) is 20.1. The first-order chi connectivity index (χ1) is 28.1. The zero-order valence-corrected chi connectivity index (χ0v) is 35.9. The van der Waals surface area contributed by atoms with Crippen LogP contribution in [0.15, 0.2) is 121 Å². The molecule has 0 spiro atoms. The first kappa shape index (κ1) is 42.9. The summed E-state index contributed by atoms with van der Waals surface area (Å²) in [5.74, 6) is 2.15. The highest BCUT2D eigenvalue weighted by Crippen LogP contribution is 2.42. The summed E-state index contributed by atoms with van der Waals surface area (Å²) in [6.07, 6.45) is -0.0340. The van der Waals surface area contributed by atoms with E-state index in [0.717, 1.165) is 56.0 Å². The van der Waals surface area contributed by atoms with E-state index < -0.39 is 34.7 Å². The van der Waals surface area contributed by atoms with Crippen molar-refractivity contribution in [2.24, 2.45) is 0 Å². The van der Waals surface area contributed by atoms with E-state index in [0.29, 0.717) is 24.3 Å². The van der Waals surface area contributed by atoms with Gasteiger partial charge in [-0.25, -0.2) is 8.78 Å². The van der Waals surface area contributed by atoms with Crippen LogP contribution in [-0.4, -0.2) is 26.4 Å². The SMILES string of the molecule is COc1c(C)cc(C(C)(C)C(Cc2ccc(F)c(Oc3ccccc3)c2)OC(Cc2ccc(F)c(Oc3ccccc3)c2)C(C)(C)c2cc(C)c(OC)c(C)c2)cc1C. The Morgan fingerprint density at radius 3 is 1.14 bits per heavy atom. The average molecular weight is 799 g/mol. The second kappa shape index (κ2) is 18.1. The van der Waals surface area contributed by atoms with Gasteiger partial charge in [-0.2, -0.15) is 0 Å². The highest BCUT2D eigenvalue weighted by atomic mass is 19.1. The number of benzene rings is 6. The summed E-state index contributed by atoms with van der Waals surface area (Å²) in [5.41, 5.74) is 6.78. The fourth-order valence-electron chi connectivity index (χ4n) is 7.97. The molecule has 308 valence electrons. The van der Waals surface area contributed by atoms with Gasteiger partial charge in [-0.1, -0.05) is 100 Å². The number of hydrogen-bond donors (Lipinski definition) is 0. The molecule has 2 unspecified atom stereocenters. The fraction of sp³-hybridized carbons (Fsp3) is 0.308. The molecule has 2 atom stereocenters. The summed E-state index contributed by atoms with van der Waals surface area (Å²) in [6.45, 7) is 17.0. The van der Waals surface area contributed by atoms with Crippen LogP contribution in [-0.2, 0) is 28.4 Å². The molecule has 0 aromatic heterocycles. The normalized spacial score (nSPS) is 12.8. The van der Waals surface area contributed by atoms with Crippen molar-refractivity contribution in [3.63, 3.8) is 0 Å². The number of hydrogen-bond acceptors (Lipinski definition) is 5. The van der Waals surface area contributed by atoms with Gasteiger partial charge in [0.25, 0.3) is 0 Å². The lowest BCUT2D eigenvalue weighted by atomic mass is 9.73. The van der Waals surface area contributed by atoms with Gasteiger partial charge in [-0.3, -0.25) is 0 Å². The standard InChI is InChI=1S/C52H56F2O5/c1-33-25-39(26-34(2)49(33)55-9)51(5,6)47(31-37-21-23-43(53)45(29-37)57-41-17-13-11-14-18-41)59-48(52(7,8)40-27-35(3)50(56-10)36(4)28-40)32-38-22-24-44(54)46(30-38)58-42-19-15-12-16-20-42/h11-30,47-48H,31-32H2,1-10H3. The lowest BCUT2D eigenvalue weighted by Gasteiger charge is -2.43. The number of ether oxygens (including phenoxy) is 5. The van der Waals surface area contributed by atoms with Crippen LogP contribution in [0.5, 0.6) is 34.5 Å². The second-order valence-electron chi connectivity index (χ2n) is 16.6. The Balaban J connectivity index is 1.47. The Bertz CT molecular complexity index is 2160. The minimum absolute atomic E-state index is 0.139. The Morgan fingerprint density at radius 1 is 0.475 bits per heavy atom. The van der Waals surface area contributed by atoms with Crippen molar-refractivity contribution in [3.8, 4) is 34.5 Å². The molecular weight excluding hydrogens is 743 g/mol. The average Bonchev–Trinajstić information content (AvgIpc) is 3.20. The molecule has 6 aromatic carbocycles. The molecule has 0 aliphatic carbocycles. The summed E-state index contributed by atoms with van der Waals surface area (Å²) < 4.78 is 61.9. The van der Waals surface area contributed by atoms with Gasteiger partial charge in [0.05, 0.1) is 26.4 Å². The molecule has 0 amide bonds. The van der Waals surface area contributed by atoms with E-state index in [1.807, 2.05) is 36.4 Å². The summed E-state index contributed by atoms with van der Waals surface area (Å²) in [6, 6.07) is 37.1. The number of rotatable bonds is 16. The molecule has 0 aliphatic heterocycles. The Kier molecular flexibility index (Phi) is 13.2. The van der Waals surface area contributed by atoms with Crippen LogP contribution >= 0.6 is 0 Å². The largest absolute Gasteiger partial charge is 0.496 e. The Morgan fingerprint density at radius 2 is 0.814 bits per heavy atom. The monoisotopic (exact) mass is 798 g/mol. The van der Waals surface area contributed by atoms with E-state index in [1.54, 1.807) is 62.8 Å². The summed E-state index contributed by atoms with van der Waals surface area (Å²) in [4.78, 5) is 0. The molecule has 0 saturated carbocycles. The molecule has 0 fully saturated rings. The molecule has 0 bridgehead atoms. The molecule has 0 aliphatic rings. The molecule has 0 radical (unpaired) electrons. The Labute approximate surface area is 348 Å². The van der Waals surface area contributed by atoms with Gasteiger partial charge in [-0.15, -0.1) is 0 Å². The highest BCUT2D eigenvalue weighted by Gasteiger charge is 2.41. The molecule has 0 saturated heterocycles. The van der Waals surface area contributed by atoms with Gasteiger partial charge >= 0.3 is 0 Å². The lowest BCUT2D eigenvalue weighted by Crippen LogP contribution is -2.46. The Hall–Kier alpha value is -5.66. The van der Waals surface area contributed by atoms with Crippen molar-refractivity contribution in [2.45, 2.75) is 91.3 Å². The predicted molar refractivity (Wildman–Crippen MR) is 233 cm³/mol. The van der Waals surface area contributed by atoms with Crippen LogP contribution in [0.2, 0.25) is 0 Å². The quantitative estimate of drug-likeness (QED) is 0.0976. The van der Waals surface area contributed by atoms with Gasteiger partial charge in [0.15, 0.2) is 23.1 Å². The van der Waals surface area contributed by atoms with Crippen molar-refractivity contribution in [1.82, 2.24) is 0 Å². The minimum atomic E-state index is -0.582. The van der Waals surface area contributed by atoms with Crippen LogP contribution in [0.25, 0.3) is 0 Å². The van der Waals surface area contributed by atoms with E-state index >= 15 is 8.78 Å². The van der Waals surface area contributed by atoms with E-state index in [1.165, 1.54) is 12.1 Å². The molecule has 59 heavy (non-hydrogen) atoms. The van der Waals surface area contributed by atoms with Gasteiger partial charge in [0.2, 0.25) is 0 Å². The number of para-hydroxylation sites is 2. The number of methoxy groups -OCH3 is 2. The highest BCUT2D eigenvalue weighted by molar-refractivity contribution is 5.48. The van der Waals surface area contributed by atoms with E-state index in [4.69, 9.17) is 23.7 Å². The first-order valence-corrected chi connectivity index (χ1v) is 20.1. The van der Waals surface area contributed by atoms with Gasteiger partial charge in [-0.05, 0) is 134 Å². The van der Waals surface area contributed by atoms with Crippen LogP contribution in [0, 0.1) is 39.3 Å². The molecule has 7 heteroatoms. The van der Waals surface area contributed by atoms with Crippen LogP contribution < -0.4 is 18.9 Å². The number of aryl methyl sites for hydroxylation is 4. The summed E-state index contributed by atoms with van der Waals surface area (Å²) in [5, 5.41) is 0. The zero-order chi connectivity index (χ0) is 42.5. The summed E-state index contributed by atoms with van der Waals surface area (Å²) in [7, 11) is 3.38. The maximum atomic E-state index is 15.4. The lowest BCUT2D eigenvalue weighted by molar-refractivity contribution is -0.0753. The van der Waals surface area contributed by atoms with Gasteiger partial charge < -0.3 is 23.7 Å². The van der Waals surface area contributed by atoms with Crippen molar-refractivity contribution in [2.75, 3.05) is 14.2 Å². The maximum absolute atomic E-state index is 15.4. The predicted octanol–water partition coefficient (Wildman–Crippen LogP) is 13.3. The zero-order valence-electron chi connectivity index (χ0n) is 35.9. The molecule has 0 N–H and O–H groups in total. The molecule has 0 heterocycles. The van der Waals surface area contributed by atoms with E-state index in [-0.39, 0.29) is 11.5 Å². The van der Waals surface area contributed by atoms with Gasteiger partial charge in [0.1, 0.15) is 23.0 Å². The van der Waals surface area contributed by atoms with E-state index in [2.05, 4.69) is 79.7 Å². The van der Waals surface area contributed by atoms with Crippen molar-refractivity contribution >= 4 is 0 Å². The van der Waals surface area contributed by atoms with Crippen molar-refractivity contribution < 1.29 is 32.5 Å². The summed E-state index contributed by atoms with van der Waals surface area (Å²) >= 11 is 0. The van der Waals surface area contributed by atoms with Crippen molar-refractivity contribution in [1.29, 1.82) is 0 Å². The van der Waals surface area contributed by atoms with Gasteiger partial charge in [0, 0.05) is 10.8 Å². The topological polar surface area (TPSA) is 46.2 Å². The molecular formula is C52H56F2O5. The third-order valence-corrected chi connectivity index (χ3v) is 11.5. The molecule has 5 nitrogen and oxygen atoms in total. The van der Waals surface area contributed by atoms with Crippen LogP contribution in [0.4, 0.5) is 8.78 Å². The minimum Gasteiger partial charge on any atom is -0.496 e. The van der Waals surface area contributed by atoms with Crippen molar-refractivity contribution in [3.05, 3.63) is 177 Å². The van der Waals surface area contributed by atoms with Crippen LogP contribution in [0.1, 0.15) is 72.2 Å². The number of halogens is 2. The fourth-order valence-corrected chi connectivity index (χ4v) is 7.97. The molecule has 6 rings (SSSR count). The second-order valence-corrected chi connectivity index (χ2v) is 16.6.